The molecule has 0 amide bonds. The van der Waals surface area contributed by atoms with Crippen LogP contribution in [0.2, 0.25) is 25.7 Å². The number of methoxy groups -OCH3 is 1. The smallest absolute Gasteiger partial charge is 0.313 e. The zero-order chi connectivity index (χ0) is 21.1. The fourth-order valence-electron chi connectivity index (χ4n) is 5.01. The van der Waals surface area contributed by atoms with Crippen LogP contribution in [0.15, 0.2) is 11.6 Å². The van der Waals surface area contributed by atoms with E-state index in [0.29, 0.717) is 12.5 Å². The minimum atomic E-state index is -1.27. The quantitative estimate of drug-likeness (QED) is 0.201. The Bertz CT molecular complexity index is 629. The molecule has 2 rings (SSSR count). The highest BCUT2D eigenvalue weighted by molar-refractivity contribution is 6.76. The Morgan fingerprint density at radius 3 is 2.61 bits per heavy atom. The molecule has 1 saturated carbocycles. The molecule has 0 radical (unpaired) electrons. The summed E-state index contributed by atoms with van der Waals surface area (Å²) in [5, 5.41) is 0. The first kappa shape index (κ1) is 23.2. The lowest BCUT2D eigenvalue weighted by atomic mass is 9.53. The summed E-state index contributed by atoms with van der Waals surface area (Å²) >= 11 is 0. The number of hydrogen-bond acceptors (Lipinski definition) is 4. The molecule has 0 unspecified atom stereocenters. The molecule has 2 aliphatic carbocycles. The number of fused-ring (bicyclic) bond motifs is 1. The molecule has 4 nitrogen and oxygen atoms in total. The second kappa shape index (κ2) is 9.15. The molecule has 0 aromatic heterocycles. The van der Waals surface area contributed by atoms with Crippen molar-refractivity contribution < 1.29 is 19.0 Å². The molecular formula is C23H38O4Si. The topological polar surface area (TPSA) is 44.8 Å². The Hall–Kier alpha value is -1.09. The molecule has 0 spiro atoms. The van der Waals surface area contributed by atoms with Crippen molar-refractivity contribution in [3.63, 3.8) is 0 Å². The van der Waals surface area contributed by atoms with Crippen LogP contribution in [0.3, 0.4) is 0 Å². The maximum absolute atomic E-state index is 13.4. The van der Waals surface area contributed by atoms with E-state index in [2.05, 4.69) is 38.6 Å². The van der Waals surface area contributed by atoms with E-state index >= 15 is 0 Å². The van der Waals surface area contributed by atoms with Gasteiger partial charge in [-0.25, -0.2) is 0 Å². The van der Waals surface area contributed by atoms with E-state index < -0.39 is 13.5 Å². The monoisotopic (exact) mass is 406 g/mol. The SMILES string of the molecule is C#C[C@H]1C(C)=C[C@H]2[C@H](OCOC)[C@@H](C)CC[C@@H]2[C@@]1(C)C(=O)OCC[Si](C)(C)C. The van der Waals surface area contributed by atoms with E-state index in [1.807, 2.05) is 13.8 Å². The first-order valence-corrected chi connectivity index (χ1v) is 14.2. The molecule has 28 heavy (non-hydrogen) atoms. The predicted octanol–water partition coefficient (Wildman–Crippen LogP) is 4.73. The minimum Gasteiger partial charge on any atom is -0.466 e. The number of carbonyl (C=O) groups excluding carboxylic acids is 1. The Balaban J connectivity index is 2.32. The van der Waals surface area contributed by atoms with Crippen LogP contribution in [0.5, 0.6) is 0 Å². The third-order valence-electron chi connectivity index (χ3n) is 6.69. The van der Waals surface area contributed by atoms with Crippen LogP contribution in [0.4, 0.5) is 0 Å². The van der Waals surface area contributed by atoms with Crippen LogP contribution < -0.4 is 0 Å². The van der Waals surface area contributed by atoms with Gasteiger partial charge in [0.1, 0.15) is 6.79 Å². The molecule has 158 valence electrons. The van der Waals surface area contributed by atoms with Crippen molar-refractivity contribution in [1.82, 2.24) is 0 Å². The van der Waals surface area contributed by atoms with E-state index in [0.717, 1.165) is 24.5 Å². The summed E-state index contributed by atoms with van der Waals surface area (Å²) in [6.07, 6.45) is 10.2. The number of terminal acetylenes is 1. The first-order valence-electron chi connectivity index (χ1n) is 10.5. The molecule has 0 aromatic rings. The summed E-state index contributed by atoms with van der Waals surface area (Å²) in [5.41, 5.74) is 0.362. The van der Waals surface area contributed by atoms with Crippen molar-refractivity contribution >= 4 is 14.0 Å². The summed E-state index contributed by atoms with van der Waals surface area (Å²) in [4.78, 5) is 13.4. The molecular weight excluding hydrogens is 368 g/mol. The molecule has 2 aliphatic rings. The number of ether oxygens (including phenoxy) is 3. The third-order valence-corrected chi connectivity index (χ3v) is 8.39. The molecule has 0 bridgehead atoms. The van der Waals surface area contributed by atoms with E-state index in [9.17, 15) is 4.79 Å². The van der Waals surface area contributed by atoms with E-state index in [1.165, 1.54) is 0 Å². The summed E-state index contributed by atoms with van der Waals surface area (Å²) in [6, 6.07) is 0.967. The second-order valence-electron chi connectivity index (χ2n) is 10.0. The highest BCUT2D eigenvalue weighted by atomic mass is 28.3. The molecule has 0 aliphatic heterocycles. The van der Waals surface area contributed by atoms with Gasteiger partial charge >= 0.3 is 5.97 Å². The van der Waals surface area contributed by atoms with Crippen LogP contribution in [0.25, 0.3) is 0 Å². The Morgan fingerprint density at radius 1 is 1.36 bits per heavy atom. The lowest BCUT2D eigenvalue weighted by Crippen LogP contribution is -2.54. The average molecular weight is 407 g/mol. The Kier molecular flexibility index (Phi) is 7.58. The maximum atomic E-state index is 13.4. The van der Waals surface area contributed by atoms with Gasteiger partial charge < -0.3 is 14.2 Å². The molecule has 6 atom stereocenters. The Morgan fingerprint density at radius 2 is 2.04 bits per heavy atom. The number of rotatable bonds is 7. The summed E-state index contributed by atoms with van der Waals surface area (Å²) in [5.74, 6) is 3.22. The van der Waals surface area contributed by atoms with Crippen molar-refractivity contribution in [2.45, 2.75) is 65.4 Å². The lowest BCUT2D eigenvalue weighted by Gasteiger charge is -2.52. The number of esters is 1. The van der Waals surface area contributed by atoms with Gasteiger partial charge in [-0.15, -0.1) is 6.42 Å². The van der Waals surface area contributed by atoms with Gasteiger partial charge in [0.15, 0.2) is 0 Å². The molecule has 0 aromatic carbocycles. The van der Waals surface area contributed by atoms with Gasteiger partial charge in [-0.05, 0) is 44.6 Å². The molecule has 5 heteroatoms. The van der Waals surface area contributed by atoms with Crippen LogP contribution in [-0.2, 0) is 19.0 Å². The average Bonchev–Trinajstić information content (AvgIpc) is 2.60. The van der Waals surface area contributed by atoms with Gasteiger partial charge in [0, 0.05) is 21.1 Å². The fraction of sp³-hybridized carbons (Fsp3) is 0.783. The van der Waals surface area contributed by atoms with Crippen LogP contribution in [0, 0.1) is 41.4 Å². The molecule has 0 heterocycles. The summed E-state index contributed by atoms with van der Waals surface area (Å²) in [7, 11) is 0.371. The zero-order valence-electron chi connectivity index (χ0n) is 18.7. The predicted molar refractivity (Wildman–Crippen MR) is 115 cm³/mol. The number of allylic oxidation sites excluding steroid dienone is 1. The second-order valence-corrected chi connectivity index (χ2v) is 15.6. The zero-order valence-corrected chi connectivity index (χ0v) is 19.7. The number of hydrogen-bond donors (Lipinski definition) is 0. The van der Waals surface area contributed by atoms with Crippen molar-refractivity contribution in [3.05, 3.63) is 11.6 Å². The van der Waals surface area contributed by atoms with Crippen LogP contribution in [0.1, 0.15) is 33.6 Å². The first-order chi connectivity index (χ1) is 13.1. The fourth-order valence-corrected chi connectivity index (χ4v) is 5.72. The van der Waals surface area contributed by atoms with Crippen LogP contribution >= 0.6 is 0 Å². The highest BCUT2D eigenvalue weighted by Crippen LogP contribution is 2.55. The number of carbonyl (C=O) groups is 1. The maximum Gasteiger partial charge on any atom is 0.313 e. The molecule has 0 N–H and O–H groups in total. The van der Waals surface area contributed by atoms with Gasteiger partial charge in [0.05, 0.1) is 24.0 Å². The third kappa shape index (κ3) is 4.72. The summed E-state index contributed by atoms with van der Waals surface area (Å²) < 4.78 is 17.1. The minimum absolute atomic E-state index is 0.0292. The normalized spacial score (nSPS) is 35.5. The highest BCUT2D eigenvalue weighted by Gasteiger charge is 2.57. The van der Waals surface area contributed by atoms with Crippen molar-refractivity contribution in [1.29, 1.82) is 0 Å². The van der Waals surface area contributed by atoms with Gasteiger partial charge in [-0.3, -0.25) is 4.79 Å². The largest absolute Gasteiger partial charge is 0.466 e. The van der Waals surface area contributed by atoms with E-state index in [4.69, 9.17) is 20.6 Å². The van der Waals surface area contributed by atoms with Gasteiger partial charge in [-0.2, -0.15) is 0 Å². The molecule has 1 fully saturated rings. The standard InChI is InChI=1S/C23H38O4Si/c1-9-19-17(3)14-18-20(11-10-16(2)21(18)27-15-25-5)23(19,4)22(24)26-12-13-28(6,7)8/h1,14,16,18-21H,10-13,15H2,2-8H3/t16-,18+,19-,20-,21+,23-/m0/s1. The summed E-state index contributed by atoms with van der Waals surface area (Å²) in [6.45, 7) is 13.9. The van der Waals surface area contributed by atoms with Crippen molar-refractivity contribution in [2.75, 3.05) is 20.5 Å². The van der Waals surface area contributed by atoms with Gasteiger partial charge in [0.2, 0.25) is 0 Å². The van der Waals surface area contributed by atoms with Gasteiger partial charge in [-0.1, -0.05) is 44.1 Å². The van der Waals surface area contributed by atoms with Gasteiger partial charge in [0.25, 0.3) is 0 Å². The Labute approximate surface area is 172 Å². The lowest BCUT2D eigenvalue weighted by molar-refractivity contribution is -0.173. The van der Waals surface area contributed by atoms with Crippen molar-refractivity contribution in [2.24, 2.45) is 29.1 Å². The molecule has 0 saturated heterocycles. The van der Waals surface area contributed by atoms with E-state index in [1.54, 1.807) is 7.11 Å². The van der Waals surface area contributed by atoms with E-state index in [-0.39, 0.29) is 36.6 Å². The van der Waals surface area contributed by atoms with Crippen molar-refractivity contribution in [3.8, 4) is 12.3 Å². The van der Waals surface area contributed by atoms with Crippen LogP contribution in [-0.4, -0.2) is 40.7 Å².